The first kappa shape index (κ1) is 19.4. The molecule has 0 unspecified atom stereocenters. The molecule has 0 aromatic carbocycles. The van der Waals surface area contributed by atoms with Crippen molar-refractivity contribution >= 4 is 11.9 Å². The molecule has 0 spiro atoms. The van der Waals surface area contributed by atoms with Gasteiger partial charge in [-0.2, -0.15) is 0 Å². The number of amides is 1. The van der Waals surface area contributed by atoms with Gasteiger partial charge in [-0.3, -0.25) is 19.5 Å². The molecule has 3 aliphatic rings. The number of likely N-dealkylation sites (tertiary alicyclic amines) is 1. The van der Waals surface area contributed by atoms with Crippen LogP contribution in [0.3, 0.4) is 0 Å². The molecule has 0 radical (unpaired) electrons. The van der Waals surface area contributed by atoms with E-state index in [1.165, 1.54) is 19.3 Å². The Balaban J connectivity index is 1.29. The van der Waals surface area contributed by atoms with E-state index in [2.05, 4.69) is 14.8 Å². The molecule has 1 amide bonds. The first-order valence-electron chi connectivity index (χ1n) is 11.1. The minimum atomic E-state index is -0.129. The molecule has 2 saturated heterocycles. The number of carbonyl (C=O) groups excluding carboxylic acids is 1. The second kappa shape index (κ2) is 8.26. The lowest BCUT2D eigenvalue weighted by Crippen LogP contribution is -2.39. The largest absolute Gasteiger partial charge is 0.455 e. The molecule has 1 N–H and O–H groups in total. The van der Waals surface area contributed by atoms with E-state index in [1.54, 1.807) is 11.0 Å². The van der Waals surface area contributed by atoms with Gasteiger partial charge in [-0.15, -0.1) is 0 Å². The Labute approximate surface area is 175 Å². The van der Waals surface area contributed by atoms with Gasteiger partial charge in [0, 0.05) is 25.2 Å². The first-order valence-corrected chi connectivity index (χ1v) is 11.1. The summed E-state index contributed by atoms with van der Waals surface area (Å²) in [4.78, 5) is 39.4. The van der Waals surface area contributed by atoms with Crippen molar-refractivity contribution in [2.75, 3.05) is 37.6 Å². The van der Waals surface area contributed by atoms with Crippen LogP contribution < -0.4 is 10.5 Å². The van der Waals surface area contributed by atoms with Gasteiger partial charge in [-0.25, -0.2) is 4.98 Å². The van der Waals surface area contributed by atoms with Crippen molar-refractivity contribution in [1.29, 1.82) is 0 Å². The van der Waals surface area contributed by atoms with Gasteiger partial charge in [0.2, 0.25) is 5.95 Å². The number of aromatic nitrogens is 2. The Bertz CT molecular complexity index is 969. The number of nitrogens with zero attached hydrogens (tertiary/aromatic N) is 4. The highest BCUT2D eigenvalue weighted by Gasteiger charge is 2.28. The lowest BCUT2D eigenvalue weighted by atomic mass is 10.1. The van der Waals surface area contributed by atoms with Crippen molar-refractivity contribution in [2.45, 2.75) is 51.6 Å². The van der Waals surface area contributed by atoms with Gasteiger partial charge in [0.15, 0.2) is 5.76 Å². The summed E-state index contributed by atoms with van der Waals surface area (Å²) < 4.78 is 5.89. The zero-order valence-electron chi connectivity index (χ0n) is 17.4. The van der Waals surface area contributed by atoms with E-state index in [0.29, 0.717) is 42.5 Å². The molecule has 2 fully saturated rings. The van der Waals surface area contributed by atoms with E-state index in [4.69, 9.17) is 9.40 Å². The number of carbonyl (C=O) groups is 1. The van der Waals surface area contributed by atoms with E-state index in [0.717, 1.165) is 51.3 Å². The molecule has 8 nitrogen and oxygen atoms in total. The van der Waals surface area contributed by atoms with Crippen molar-refractivity contribution in [3.8, 4) is 0 Å². The van der Waals surface area contributed by atoms with Crippen LogP contribution >= 0.6 is 0 Å². The maximum absolute atomic E-state index is 13.0. The highest BCUT2D eigenvalue weighted by Crippen LogP contribution is 2.22. The summed E-state index contributed by atoms with van der Waals surface area (Å²) in [6.07, 6.45) is 6.50. The summed E-state index contributed by atoms with van der Waals surface area (Å²) >= 11 is 0. The number of hydrogen-bond acceptors (Lipinski definition) is 6. The monoisotopic (exact) mass is 411 g/mol. The number of fused-ring (bicyclic) bond motifs is 1. The van der Waals surface area contributed by atoms with Crippen molar-refractivity contribution in [1.82, 2.24) is 19.8 Å². The maximum Gasteiger partial charge on any atom is 0.289 e. The Kier molecular flexibility index (Phi) is 5.33. The molecule has 30 heavy (non-hydrogen) atoms. The number of nitrogens with one attached hydrogen (secondary N) is 1. The fourth-order valence-corrected chi connectivity index (χ4v) is 4.75. The second-order valence-electron chi connectivity index (χ2n) is 8.59. The van der Waals surface area contributed by atoms with E-state index in [-0.39, 0.29) is 11.5 Å². The van der Waals surface area contributed by atoms with Crippen molar-refractivity contribution in [3.05, 3.63) is 45.3 Å². The SMILES string of the molecule is O=C(c1ccc(CN2CCCCC2)o1)N1CCc2c(nc(N3CCCC3)[nH]c2=O)C1. The van der Waals surface area contributed by atoms with Gasteiger partial charge in [0.25, 0.3) is 11.5 Å². The van der Waals surface area contributed by atoms with Crippen molar-refractivity contribution in [2.24, 2.45) is 0 Å². The fraction of sp³-hybridized carbons (Fsp3) is 0.591. The summed E-state index contributed by atoms with van der Waals surface area (Å²) in [5.74, 6) is 1.71. The minimum absolute atomic E-state index is 0.0733. The lowest BCUT2D eigenvalue weighted by Gasteiger charge is -2.28. The van der Waals surface area contributed by atoms with E-state index in [9.17, 15) is 9.59 Å². The Hall–Kier alpha value is -2.61. The number of aromatic amines is 1. The topological polar surface area (TPSA) is 85.7 Å². The molecule has 5 heterocycles. The molecular weight excluding hydrogens is 382 g/mol. The van der Waals surface area contributed by atoms with Crippen LogP contribution in [0, 0.1) is 0 Å². The summed E-state index contributed by atoms with van der Waals surface area (Å²) in [6.45, 7) is 5.61. The molecular formula is C22H29N5O3. The van der Waals surface area contributed by atoms with Crippen LogP contribution in [-0.2, 0) is 19.5 Å². The number of rotatable bonds is 4. The van der Waals surface area contributed by atoms with Gasteiger partial charge in [-0.05, 0) is 57.3 Å². The molecule has 0 atom stereocenters. The zero-order valence-corrected chi connectivity index (χ0v) is 17.4. The normalized spacial score (nSPS) is 19.9. The van der Waals surface area contributed by atoms with Gasteiger partial charge >= 0.3 is 0 Å². The van der Waals surface area contributed by atoms with Crippen LogP contribution in [0.2, 0.25) is 0 Å². The predicted octanol–water partition coefficient (Wildman–Crippen LogP) is 2.15. The molecule has 2 aromatic heterocycles. The third-order valence-electron chi connectivity index (χ3n) is 6.45. The summed E-state index contributed by atoms with van der Waals surface area (Å²) in [7, 11) is 0. The average Bonchev–Trinajstić information content (AvgIpc) is 3.46. The Morgan fingerprint density at radius 3 is 2.60 bits per heavy atom. The van der Waals surface area contributed by atoms with Crippen LogP contribution in [0.1, 0.15) is 59.7 Å². The standard InChI is InChI=1S/C22H29N5O3/c28-20-17-8-13-27(15-18(17)23-22(24-20)26-11-4-5-12-26)21(29)19-7-6-16(30-19)14-25-9-2-1-3-10-25/h6-7H,1-5,8-15H2,(H,23,24,28). The summed E-state index contributed by atoms with van der Waals surface area (Å²) in [6, 6.07) is 3.69. The zero-order chi connectivity index (χ0) is 20.5. The first-order chi connectivity index (χ1) is 14.7. The third kappa shape index (κ3) is 3.88. The third-order valence-corrected chi connectivity index (χ3v) is 6.45. The van der Waals surface area contributed by atoms with Gasteiger partial charge in [0.05, 0.1) is 18.8 Å². The number of piperidine rings is 1. The quantitative estimate of drug-likeness (QED) is 0.830. The van der Waals surface area contributed by atoms with Crippen LogP contribution in [-0.4, -0.2) is 58.4 Å². The van der Waals surface area contributed by atoms with Crippen LogP contribution in [0.25, 0.3) is 0 Å². The van der Waals surface area contributed by atoms with Crippen molar-refractivity contribution < 1.29 is 9.21 Å². The van der Waals surface area contributed by atoms with E-state index < -0.39 is 0 Å². The van der Waals surface area contributed by atoms with E-state index >= 15 is 0 Å². The number of anilines is 1. The van der Waals surface area contributed by atoms with E-state index in [1.807, 2.05) is 6.07 Å². The number of hydrogen-bond donors (Lipinski definition) is 1. The molecule has 5 rings (SSSR count). The predicted molar refractivity (Wildman–Crippen MR) is 113 cm³/mol. The summed E-state index contributed by atoms with van der Waals surface area (Å²) in [5.41, 5.74) is 1.34. The molecule has 0 aliphatic carbocycles. The highest BCUT2D eigenvalue weighted by molar-refractivity contribution is 5.91. The molecule has 2 aromatic rings. The average molecular weight is 412 g/mol. The number of H-pyrrole nitrogens is 1. The maximum atomic E-state index is 13.0. The summed E-state index contributed by atoms with van der Waals surface area (Å²) in [5, 5.41) is 0. The lowest BCUT2D eigenvalue weighted by molar-refractivity contribution is 0.0694. The van der Waals surface area contributed by atoms with Gasteiger partial charge in [-0.1, -0.05) is 6.42 Å². The molecule has 8 heteroatoms. The van der Waals surface area contributed by atoms with Crippen LogP contribution in [0.4, 0.5) is 5.95 Å². The highest BCUT2D eigenvalue weighted by atomic mass is 16.4. The molecule has 3 aliphatic heterocycles. The van der Waals surface area contributed by atoms with Gasteiger partial charge in [0.1, 0.15) is 5.76 Å². The Morgan fingerprint density at radius 2 is 1.80 bits per heavy atom. The smallest absolute Gasteiger partial charge is 0.289 e. The number of furan rings is 1. The molecule has 0 bridgehead atoms. The minimum Gasteiger partial charge on any atom is -0.455 e. The van der Waals surface area contributed by atoms with Crippen LogP contribution in [0.15, 0.2) is 21.3 Å². The molecule has 160 valence electrons. The molecule has 0 saturated carbocycles. The fourth-order valence-electron chi connectivity index (χ4n) is 4.75. The Morgan fingerprint density at radius 1 is 1.03 bits per heavy atom. The van der Waals surface area contributed by atoms with Gasteiger partial charge < -0.3 is 14.2 Å². The second-order valence-corrected chi connectivity index (χ2v) is 8.59. The van der Waals surface area contributed by atoms with Crippen LogP contribution in [0.5, 0.6) is 0 Å². The van der Waals surface area contributed by atoms with Crippen molar-refractivity contribution in [3.63, 3.8) is 0 Å².